The number of likely N-dealkylation sites (tertiary alicyclic amines) is 2. The van der Waals surface area contributed by atoms with E-state index < -0.39 is 0 Å². The number of piperidine rings is 2. The molecule has 5 heteroatoms. The highest BCUT2D eigenvalue weighted by Crippen LogP contribution is 2.22. The van der Waals surface area contributed by atoms with E-state index in [1.54, 1.807) is 0 Å². The van der Waals surface area contributed by atoms with E-state index in [4.69, 9.17) is 5.73 Å². The molecule has 0 saturated carbocycles. The molecule has 2 N–H and O–H groups in total. The highest BCUT2D eigenvalue weighted by Gasteiger charge is 2.28. The zero-order valence-corrected chi connectivity index (χ0v) is 12.7. The fourth-order valence-corrected chi connectivity index (χ4v) is 3.53. The van der Waals surface area contributed by atoms with Gasteiger partial charge in [0.15, 0.2) is 0 Å². The minimum atomic E-state index is -0.199. The number of hydrogen-bond acceptors (Lipinski definition) is 3. The van der Waals surface area contributed by atoms with Gasteiger partial charge in [-0.05, 0) is 44.2 Å². The number of nitrogens with two attached hydrogens (primary N) is 1. The van der Waals surface area contributed by atoms with Gasteiger partial charge in [-0.3, -0.25) is 14.5 Å². The molecule has 0 aromatic heterocycles. The third kappa shape index (κ3) is 3.95. The lowest BCUT2D eigenvalue weighted by molar-refractivity contribution is -0.135. The summed E-state index contributed by atoms with van der Waals surface area (Å²) in [7, 11) is 0. The van der Waals surface area contributed by atoms with E-state index in [9.17, 15) is 9.59 Å². The van der Waals surface area contributed by atoms with Crippen molar-refractivity contribution in [3.05, 3.63) is 0 Å². The number of amides is 2. The Morgan fingerprint density at radius 2 is 1.65 bits per heavy atom. The number of carbonyl (C=O) groups excluding carboxylic acids is 2. The summed E-state index contributed by atoms with van der Waals surface area (Å²) in [5.41, 5.74) is 5.33. The normalized spacial score (nSPS) is 29.4. The monoisotopic (exact) mass is 281 g/mol. The molecule has 2 atom stereocenters. The van der Waals surface area contributed by atoms with Gasteiger partial charge < -0.3 is 10.6 Å². The van der Waals surface area contributed by atoms with Crippen molar-refractivity contribution < 1.29 is 9.59 Å². The van der Waals surface area contributed by atoms with Gasteiger partial charge in [0, 0.05) is 19.0 Å². The Kier molecular flexibility index (Phi) is 5.02. The molecule has 0 bridgehead atoms. The van der Waals surface area contributed by atoms with E-state index in [1.165, 1.54) is 6.42 Å². The van der Waals surface area contributed by atoms with Gasteiger partial charge in [0.25, 0.3) is 0 Å². The summed E-state index contributed by atoms with van der Waals surface area (Å²) in [5.74, 6) is 1.23. The SMILES string of the molecule is CC1CC(C)CN(C(=O)CN2CCC(C(N)=O)CC2)C1. The molecule has 0 aromatic rings. The van der Waals surface area contributed by atoms with E-state index in [1.807, 2.05) is 4.90 Å². The summed E-state index contributed by atoms with van der Waals surface area (Å²) < 4.78 is 0. The predicted octanol–water partition coefficient (Wildman–Crippen LogP) is 0.688. The number of nitrogens with zero attached hydrogens (tertiary/aromatic N) is 2. The molecule has 0 aliphatic carbocycles. The molecule has 0 spiro atoms. The molecule has 2 aliphatic heterocycles. The largest absolute Gasteiger partial charge is 0.369 e. The molecule has 2 heterocycles. The number of carbonyl (C=O) groups is 2. The van der Waals surface area contributed by atoms with Crippen LogP contribution in [0.25, 0.3) is 0 Å². The standard InChI is InChI=1S/C15H27N3O2/c1-11-7-12(2)9-18(8-11)14(19)10-17-5-3-13(4-6-17)15(16)20/h11-13H,3-10H2,1-2H3,(H2,16,20). The fourth-order valence-electron chi connectivity index (χ4n) is 3.53. The molecule has 2 aliphatic rings. The van der Waals surface area contributed by atoms with E-state index >= 15 is 0 Å². The first-order valence-corrected chi connectivity index (χ1v) is 7.75. The molecule has 0 aromatic carbocycles. The Bertz CT molecular complexity index is 354. The minimum Gasteiger partial charge on any atom is -0.369 e. The molecule has 2 fully saturated rings. The van der Waals surface area contributed by atoms with Gasteiger partial charge in [0.05, 0.1) is 6.54 Å². The van der Waals surface area contributed by atoms with Gasteiger partial charge in [0.1, 0.15) is 0 Å². The first-order chi connectivity index (χ1) is 9.45. The van der Waals surface area contributed by atoms with Crippen molar-refractivity contribution in [1.82, 2.24) is 9.80 Å². The average Bonchev–Trinajstić information content (AvgIpc) is 2.38. The van der Waals surface area contributed by atoms with Crippen LogP contribution in [0.2, 0.25) is 0 Å². The van der Waals surface area contributed by atoms with Crippen molar-refractivity contribution in [3.63, 3.8) is 0 Å². The quantitative estimate of drug-likeness (QED) is 0.827. The van der Waals surface area contributed by atoms with Crippen LogP contribution < -0.4 is 5.73 Å². The minimum absolute atomic E-state index is 0.00335. The third-order valence-electron chi connectivity index (χ3n) is 4.57. The van der Waals surface area contributed by atoms with Crippen LogP contribution in [-0.2, 0) is 9.59 Å². The summed E-state index contributed by atoms with van der Waals surface area (Å²) >= 11 is 0. The van der Waals surface area contributed by atoms with Crippen molar-refractivity contribution in [2.75, 3.05) is 32.7 Å². The second-order valence-electron chi connectivity index (χ2n) is 6.70. The maximum atomic E-state index is 12.4. The first-order valence-electron chi connectivity index (χ1n) is 7.75. The number of primary amides is 1. The molecule has 2 unspecified atom stereocenters. The Morgan fingerprint density at radius 1 is 1.10 bits per heavy atom. The summed E-state index contributed by atoms with van der Waals surface area (Å²) in [4.78, 5) is 27.7. The first kappa shape index (κ1) is 15.3. The molecular weight excluding hydrogens is 254 g/mol. The Hall–Kier alpha value is -1.10. The number of hydrogen-bond donors (Lipinski definition) is 1. The lowest BCUT2D eigenvalue weighted by atomic mass is 9.92. The van der Waals surface area contributed by atoms with Gasteiger partial charge >= 0.3 is 0 Å². The van der Waals surface area contributed by atoms with Crippen LogP contribution >= 0.6 is 0 Å². The lowest BCUT2D eigenvalue weighted by Crippen LogP contribution is -2.48. The second kappa shape index (κ2) is 6.57. The molecule has 2 amide bonds. The molecular formula is C15H27N3O2. The summed E-state index contributed by atoms with van der Waals surface area (Å²) in [5, 5.41) is 0. The zero-order valence-electron chi connectivity index (χ0n) is 12.7. The molecule has 2 rings (SSSR count). The third-order valence-corrected chi connectivity index (χ3v) is 4.57. The van der Waals surface area contributed by atoms with Gasteiger partial charge in [-0.25, -0.2) is 0 Å². The molecule has 20 heavy (non-hydrogen) atoms. The number of rotatable bonds is 3. The van der Waals surface area contributed by atoms with E-state index in [0.717, 1.165) is 39.0 Å². The van der Waals surface area contributed by atoms with Crippen LogP contribution in [0.15, 0.2) is 0 Å². The average molecular weight is 281 g/mol. The van der Waals surface area contributed by atoms with Crippen LogP contribution in [-0.4, -0.2) is 54.3 Å². The van der Waals surface area contributed by atoms with Crippen molar-refractivity contribution in [2.45, 2.75) is 33.1 Å². The maximum absolute atomic E-state index is 12.4. The van der Waals surface area contributed by atoms with Crippen molar-refractivity contribution in [1.29, 1.82) is 0 Å². The Balaban J connectivity index is 1.79. The van der Waals surface area contributed by atoms with E-state index in [2.05, 4.69) is 18.7 Å². The van der Waals surface area contributed by atoms with Gasteiger partial charge in [0.2, 0.25) is 11.8 Å². The highest BCUT2D eigenvalue weighted by atomic mass is 16.2. The van der Waals surface area contributed by atoms with E-state index in [0.29, 0.717) is 18.4 Å². The molecule has 5 nitrogen and oxygen atoms in total. The Labute approximate surface area is 121 Å². The van der Waals surface area contributed by atoms with Crippen molar-refractivity contribution in [2.24, 2.45) is 23.5 Å². The van der Waals surface area contributed by atoms with Crippen LogP contribution in [0.1, 0.15) is 33.1 Å². The van der Waals surface area contributed by atoms with Gasteiger partial charge in [-0.2, -0.15) is 0 Å². The summed E-state index contributed by atoms with van der Waals surface area (Å²) in [6, 6.07) is 0. The summed E-state index contributed by atoms with van der Waals surface area (Å²) in [6.45, 7) is 8.31. The summed E-state index contributed by atoms with van der Waals surface area (Å²) in [6.07, 6.45) is 2.79. The van der Waals surface area contributed by atoms with Crippen molar-refractivity contribution >= 4 is 11.8 Å². The van der Waals surface area contributed by atoms with Crippen LogP contribution in [0.5, 0.6) is 0 Å². The van der Waals surface area contributed by atoms with Crippen LogP contribution in [0.3, 0.4) is 0 Å². The van der Waals surface area contributed by atoms with Crippen LogP contribution in [0.4, 0.5) is 0 Å². The van der Waals surface area contributed by atoms with Gasteiger partial charge in [-0.1, -0.05) is 13.8 Å². The highest BCUT2D eigenvalue weighted by molar-refractivity contribution is 5.79. The predicted molar refractivity (Wildman–Crippen MR) is 77.9 cm³/mol. The zero-order chi connectivity index (χ0) is 14.7. The van der Waals surface area contributed by atoms with E-state index in [-0.39, 0.29) is 17.7 Å². The smallest absolute Gasteiger partial charge is 0.236 e. The maximum Gasteiger partial charge on any atom is 0.236 e. The molecule has 0 radical (unpaired) electrons. The second-order valence-corrected chi connectivity index (χ2v) is 6.70. The lowest BCUT2D eigenvalue weighted by Gasteiger charge is -2.37. The fraction of sp³-hybridized carbons (Fsp3) is 0.867. The van der Waals surface area contributed by atoms with Crippen molar-refractivity contribution in [3.8, 4) is 0 Å². The molecule has 2 saturated heterocycles. The topological polar surface area (TPSA) is 66.6 Å². The Morgan fingerprint density at radius 3 is 2.15 bits per heavy atom. The molecule has 114 valence electrons. The van der Waals surface area contributed by atoms with Crippen LogP contribution in [0, 0.1) is 17.8 Å². The van der Waals surface area contributed by atoms with Gasteiger partial charge in [-0.15, -0.1) is 0 Å².